The Kier molecular flexibility index (Phi) is 5.39. The molecule has 2 atom stereocenters. The molecule has 0 amide bonds. The monoisotopic (exact) mass is 272 g/mol. The first-order valence-electron chi connectivity index (χ1n) is 7.24. The van der Waals surface area contributed by atoms with Crippen LogP contribution in [-0.4, -0.2) is 13.1 Å². The highest BCUT2D eigenvalue weighted by molar-refractivity contribution is 5.26. The molecule has 0 radical (unpaired) electrons. The molecule has 3 heteroatoms. The highest BCUT2D eigenvalue weighted by atomic mass is 16.3. The van der Waals surface area contributed by atoms with Crippen LogP contribution in [0.1, 0.15) is 31.2 Å². The Morgan fingerprint density at radius 3 is 2.40 bits per heavy atom. The molecule has 0 saturated carbocycles. The van der Waals surface area contributed by atoms with Crippen molar-refractivity contribution in [1.29, 1.82) is 0 Å². The molecule has 0 bridgehead atoms. The van der Waals surface area contributed by atoms with E-state index in [1.54, 1.807) is 6.26 Å². The molecule has 20 heavy (non-hydrogen) atoms. The van der Waals surface area contributed by atoms with Gasteiger partial charge in [0.25, 0.3) is 0 Å². The lowest BCUT2D eigenvalue weighted by molar-refractivity contribution is 0.346. The van der Waals surface area contributed by atoms with Crippen LogP contribution in [0, 0.1) is 11.8 Å². The summed E-state index contributed by atoms with van der Waals surface area (Å²) in [6.07, 6.45) is 1.72. The summed E-state index contributed by atoms with van der Waals surface area (Å²) in [6, 6.07) is 14.4. The van der Waals surface area contributed by atoms with E-state index >= 15 is 0 Å². The molecule has 1 aromatic carbocycles. The summed E-state index contributed by atoms with van der Waals surface area (Å²) in [5.74, 6) is 1.98. The van der Waals surface area contributed by atoms with Crippen LogP contribution < -0.4 is 11.1 Å². The summed E-state index contributed by atoms with van der Waals surface area (Å²) in [7, 11) is 0. The number of hydrogen-bond acceptors (Lipinski definition) is 3. The fraction of sp³-hybridized carbons (Fsp3) is 0.412. The van der Waals surface area contributed by atoms with Crippen LogP contribution in [0.2, 0.25) is 0 Å². The van der Waals surface area contributed by atoms with Gasteiger partial charge in [0.15, 0.2) is 0 Å². The van der Waals surface area contributed by atoms with Crippen molar-refractivity contribution in [2.24, 2.45) is 17.6 Å². The van der Waals surface area contributed by atoms with Gasteiger partial charge in [-0.25, -0.2) is 0 Å². The number of hydrogen-bond donors (Lipinski definition) is 2. The van der Waals surface area contributed by atoms with Gasteiger partial charge in [-0.15, -0.1) is 0 Å². The summed E-state index contributed by atoms with van der Waals surface area (Å²) < 4.78 is 5.58. The van der Waals surface area contributed by atoms with Crippen LogP contribution in [-0.2, 0) is 0 Å². The molecule has 108 valence electrons. The summed E-state index contributed by atoms with van der Waals surface area (Å²) in [5.41, 5.74) is 7.06. The molecular weight excluding hydrogens is 248 g/mol. The van der Waals surface area contributed by atoms with Crippen molar-refractivity contribution >= 4 is 0 Å². The van der Waals surface area contributed by atoms with Crippen molar-refractivity contribution in [2.45, 2.75) is 19.9 Å². The maximum absolute atomic E-state index is 5.85. The molecule has 1 heterocycles. The topological polar surface area (TPSA) is 51.2 Å². The minimum absolute atomic E-state index is 0.0824. The first-order chi connectivity index (χ1) is 9.72. The van der Waals surface area contributed by atoms with Gasteiger partial charge in [0.1, 0.15) is 5.76 Å². The van der Waals surface area contributed by atoms with Gasteiger partial charge in [0.05, 0.1) is 12.3 Å². The van der Waals surface area contributed by atoms with Crippen LogP contribution >= 0.6 is 0 Å². The van der Waals surface area contributed by atoms with Crippen LogP contribution in [0.15, 0.2) is 53.1 Å². The summed E-state index contributed by atoms with van der Waals surface area (Å²) in [4.78, 5) is 0. The quantitative estimate of drug-likeness (QED) is 0.814. The molecule has 3 nitrogen and oxygen atoms in total. The van der Waals surface area contributed by atoms with Gasteiger partial charge < -0.3 is 15.5 Å². The molecule has 2 aromatic rings. The zero-order chi connectivity index (χ0) is 14.4. The Labute approximate surface area is 121 Å². The predicted molar refractivity (Wildman–Crippen MR) is 82.4 cm³/mol. The Morgan fingerprint density at radius 2 is 1.85 bits per heavy atom. The van der Waals surface area contributed by atoms with Gasteiger partial charge in [-0.1, -0.05) is 44.2 Å². The van der Waals surface area contributed by atoms with Gasteiger partial charge in [-0.05, 0) is 36.1 Å². The fourth-order valence-electron chi connectivity index (χ4n) is 2.34. The molecule has 0 aliphatic heterocycles. The van der Waals surface area contributed by atoms with E-state index < -0.39 is 0 Å². The molecule has 0 fully saturated rings. The third-order valence-electron chi connectivity index (χ3n) is 3.79. The van der Waals surface area contributed by atoms with E-state index in [1.165, 1.54) is 5.56 Å². The lowest BCUT2D eigenvalue weighted by atomic mass is 9.95. The smallest absolute Gasteiger partial charge is 0.125 e. The van der Waals surface area contributed by atoms with E-state index in [2.05, 4.69) is 43.4 Å². The molecule has 0 saturated heterocycles. The van der Waals surface area contributed by atoms with Gasteiger partial charge in [0, 0.05) is 6.54 Å². The Morgan fingerprint density at radius 1 is 1.10 bits per heavy atom. The fourth-order valence-corrected chi connectivity index (χ4v) is 2.34. The number of rotatable bonds is 7. The summed E-state index contributed by atoms with van der Waals surface area (Å²) >= 11 is 0. The SMILES string of the molecule is CC(C)C(CN)CNC(c1ccccc1)c1ccco1. The van der Waals surface area contributed by atoms with Crippen molar-refractivity contribution in [3.05, 3.63) is 60.1 Å². The van der Waals surface area contributed by atoms with Crippen molar-refractivity contribution in [3.63, 3.8) is 0 Å². The van der Waals surface area contributed by atoms with E-state index in [0.717, 1.165) is 12.3 Å². The minimum Gasteiger partial charge on any atom is -0.467 e. The molecule has 2 rings (SSSR count). The zero-order valence-electron chi connectivity index (χ0n) is 12.3. The van der Waals surface area contributed by atoms with Crippen LogP contribution in [0.5, 0.6) is 0 Å². The van der Waals surface area contributed by atoms with Crippen LogP contribution in [0.25, 0.3) is 0 Å². The van der Waals surface area contributed by atoms with E-state index in [-0.39, 0.29) is 6.04 Å². The van der Waals surface area contributed by atoms with E-state index in [0.29, 0.717) is 18.4 Å². The summed E-state index contributed by atoms with van der Waals surface area (Å²) in [6.45, 7) is 6.01. The van der Waals surface area contributed by atoms with Crippen molar-refractivity contribution in [1.82, 2.24) is 5.32 Å². The largest absolute Gasteiger partial charge is 0.467 e. The highest BCUT2D eigenvalue weighted by Crippen LogP contribution is 2.23. The molecule has 3 N–H and O–H groups in total. The second-order valence-electron chi connectivity index (χ2n) is 5.51. The highest BCUT2D eigenvalue weighted by Gasteiger charge is 2.19. The second kappa shape index (κ2) is 7.27. The maximum Gasteiger partial charge on any atom is 0.125 e. The Bertz CT molecular complexity index is 479. The molecule has 1 aromatic heterocycles. The minimum atomic E-state index is 0.0824. The zero-order valence-corrected chi connectivity index (χ0v) is 12.3. The second-order valence-corrected chi connectivity index (χ2v) is 5.51. The van der Waals surface area contributed by atoms with E-state index in [4.69, 9.17) is 10.2 Å². The first-order valence-corrected chi connectivity index (χ1v) is 7.24. The standard InChI is InChI=1S/C17H24N2O/c1-13(2)15(11-18)12-19-17(16-9-6-10-20-16)14-7-4-3-5-8-14/h3-10,13,15,17,19H,11-12,18H2,1-2H3. The maximum atomic E-state index is 5.85. The van der Waals surface area contributed by atoms with Crippen LogP contribution in [0.3, 0.4) is 0 Å². The predicted octanol–water partition coefficient (Wildman–Crippen LogP) is 3.19. The Balaban J connectivity index is 2.12. The molecule has 0 aliphatic rings. The number of benzene rings is 1. The van der Waals surface area contributed by atoms with E-state index in [1.807, 2.05) is 18.2 Å². The number of nitrogens with two attached hydrogens (primary N) is 1. The first kappa shape index (κ1) is 14.8. The molecule has 2 unspecified atom stereocenters. The Hall–Kier alpha value is -1.58. The van der Waals surface area contributed by atoms with Gasteiger partial charge in [-0.2, -0.15) is 0 Å². The van der Waals surface area contributed by atoms with Gasteiger partial charge in [-0.3, -0.25) is 0 Å². The molecule has 0 aliphatic carbocycles. The molecule has 0 spiro atoms. The third-order valence-corrected chi connectivity index (χ3v) is 3.79. The number of nitrogens with one attached hydrogen (secondary N) is 1. The lowest BCUT2D eigenvalue weighted by Gasteiger charge is -2.23. The lowest BCUT2D eigenvalue weighted by Crippen LogP contribution is -2.34. The van der Waals surface area contributed by atoms with Crippen molar-refractivity contribution < 1.29 is 4.42 Å². The normalized spacial score (nSPS) is 14.4. The van der Waals surface area contributed by atoms with E-state index in [9.17, 15) is 0 Å². The molecular formula is C17H24N2O. The average Bonchev–Trinajstić information content (AvgIpc) is 2.98. The van der Waals surface area contributed by atoms with Crippen molar-refractivity contribution in [3.8, 4) is 0 Å². The average molecular weight is 272 g/mol. The van der Waals surface area contributed by atoms with Crippen molar-refractivity contribution in [2.75, 3.05) is 13.1 Å². The van der Waals surface area contributed by atoms with Crippen LogP contribution in [0.4, 0.5) is 0 Å². The van der Waals surface area contributed by atoms with Gasteiger partial charge >= 0.3 is 0 Å². The third kappa shape index (κ3) is 3.71. The van der Waals surface area contributed by atoms with Gasteiger partial charge in [0.2, 0.25) is 0 Å². The number of furan rings is 1. The summed E-state index contributed by atoms with van der Waals surface area (Å²) in [5, 5.41) is 3.60.